The molecule has 6 nitrogen and oxygen atoms in total. The SMILES string of the molecule is CCOc1cc(C)c(S(=O)(=O)Nc2cc(OC)c(Cl)cc2OC)cc1C. The largest absolute Gasteiger partial charge is 0.495 e. The summed E-state index contributed by atoms with van der Waals surface area (Å²) < 4.78 is 44.3. The van der Waals surface area contributed by atoms with E-state index in [9.17, 15) is 8.42 Å². The molecule has 26 heavy (non-hydrogen) atoms. The van der Waals surface area contributed by atoms with E-state index in [-0.39, 0.29) is 10.6 Å². The van der Waals surface area contributed by atoms with Crippen LogP contribution in [-0.2, 0) is 10.0 Å². The summed E-state index contributed by atoms with van der Waals surface area (Å²) in [6.07, 6.45) is 0. The van der Waals surface area contributed by atoms with Crippen LogP contribution in [0.3, 0.4) is 0 Å². The topological polar surface area (TPSA) is 73.9 Å². The summed E-state index contributed by atoms with van der Waals surface area (Å²) in [5, 5.41) is 0.320. The van der Waals surface area contributed by atoms with Crippen LogP contribution >= 0.6 is 11.6 Å². The number of aryl methyl sites for hydroxylation is 2. The van der Waals surface area contributed by atoms with Crippen LogP contribution < -0.4 is 18.9 Å². The second-order valence-electron chi connectivity index (χ2n) is 5.61. The molecular weight excluding hydrogens is 378 g/mol. The molecule has 1 N–H and O–H groups in total. The van der Waals surface area contributed by atoms with Crippen molar-refractivity contribution in [3.8, 4) is 17.2 Å². The van der Waals surface area contributed by atoms with Gasteiger partial charge >= 0.3 is 0 Å². The van der Waals surface area contributed by atoms with Gasteiger partial charge in [-0.1, -0.05) is 11.6 Å². The minimum Gasteiger partial charge on any atom is -0.495 e. The van der Waals surface area contributed by atoms with E-state index in [0.717, 1.165) is 5.56 Å². The Balaban J connectivity index is 2.48. The van der Waals surface area contributed by atoms with Gasteiger partial charge in [0, 0.05) is 12.1 Å². The lowest BCUT2D eigenvalue weighted by Gasteiger charge is -2.16. The van der Waals surface area contributed by atoms with Gasteiger partial charge in [0.05, 0.1) is 36.4 Å². The van der Waals surface area contributed by atoms with Gasteiger partial charge in [-0.2, -0.15) is 0 Å². The van der Waals surface area contributed by atoms with E-state index >= 15 is 0 Å². The molecule has 0 spiro atoms. The lowest BCUT2D eigenvalue weighted by Crippen LogP contribution is -2.15. The molecule has 142 valence electrons. The molecule has 0 saturated carbocycles. The number of anilines is 1. The maximum atomic E-state index is 12.9. The molecule has 0 aromatic heterocycles. The minimum absolute atomic E-state index is 0.162. The Morgan fingerprint density at radius 3 is 2.19 bits per heavy atom. The van der Waals surface area contributed by atoms with Gasteiger partial charge in [-0.05, 0) is 44.0 Å². The third-order valence-electron chi connectivity index (χ3n) is 3.78. The number of nitrogens with one attached hydrogen (secondary N) is 1. The zero-order valence-electron chi connectivity index (χ0n) is 15.3. The summed E-state index contributed by atoms with van der Waals surface area (Å²) in [6.45, 7) is 5.90. The van der Waals surface area contributed by atoms with Gasteiger partial charge in [-0.3, -0.25) is 4.72 Å². The quantitative estimate of drug-likeness (QED) is 0.756. The standard InChI is InChI=1S/C18H22ClNO5S/c1-6-25-15-7-12(3)18(8-11(15)2)26(21,22)20-14-10-16(23-4)13(19)9-17(14)24-5/h7-10,20H,6H2,1-5H3. The smallest absolute Gasteiger partial charge is 0.262 e. The molecule has 8 heteroatoms. The van der Waals surface area contributed by atoms with Crippen molar-refractivity contribution in [1.82, 2.24) is 0 Å². The van der Waals surface area contributed by atoms with Crippen molar-refractivity contribution in [2.45, 2.75) is 25.7 Å². The van der Waals surface area contributed by atoms with Crippen LogP contribution in [-0.4, -0.2) is 29.2 Å². The van der Waals surface area contributed by atoms with Crippen LogP contribution in [0.5, 0.6) is 17.2 Å². The summed E-state index contributed by atoms with van der Waals surface area (Å²) in [7, 11) is -0.970. The third kappa shape index (κ3) is 4.16. The van der Waals surface area contributed by atoms with E-state index in [4.69, 9.17) is 25.8 Å². The fourth-order valence-electron chi connectivity index (χ4n) is 2.50. The van der Waals surface area contributed by atoms with Gasteiger partial charge in [0.15, 0.2) is 0 Å². The van der Waals surface area contributed by atoms with E-state index in [0.29, 0.717) is 34.4 Å². The van der Waals surface area contributed by atoms with Crippen molar-refractivity contribution >= 4 is 27.3 Å². The summed E-state index contributed by atoms with van der Waals surface area (Å²) in [5.41, 5.74) is 1.55. The summed E-state index contributed by atoms with van der Waals surface area (Å²) >= 11 is 6.07. The highest BCUT2D eigenvalue weighted by atomic mass is 35.5. The van der Waals surface area contributed by atoms with Crippen molar-refractivity contribution in [3.63, 3.8) is 0 Å². The molecule has 0 amide bonds. The average molecular weight is 400 g/mol. The molecule has 2 aromatic rings. The maximum absolute atomic E-state index is 12.9. The average Bonchev–Trinajstić information content (AvgIpc) is 2.58. The highest BCUT2D eigenvalue weighted by Crippen LogP contribution is 2.37. The van der Waals surface area contributed by atoms with Crippen LogP contribution in [0, 0.1) is 13.8 Å². The molecule has 0 aliphatic rings. The first kappa shape index (κ1) is 20.2. The Bertz CT molecular complexity index is 912. The van der Waals surface area contributed by atoms with Crippen molar-refractivity contribution in [2.75, 3.05) is 25.5 Å². The summed E-state index contributed by atoms with van der Waals surface area (Å²) in [5.74, 6) is 1.29. The number of benzene rings is 2. The minimum atomic E-state index is -3.85. The molecule has 0 atom stereocenters. The van der Waals surface area contributed by atoms with E-state index in [1.807, 2.05) is 6.92 Å². The molecule has 0 heterocycles. The van der Waals surface area contributed by atoms with Crippen LogP contribution in [0.25, 0.3) is 0 Å². The summed E-state index contributed by atoms with van der Waals surface area (Å²) in [6, 6.07) is 6.28. The van der Waals surface area contributed by atoms with Gasteiger partial charge in [-0.15, -0.1) is 0 Å². The second-order valence-corrected chi connectivity index (χ2v) is 7.67. The highest BCUT2D eigenvalue weighted by molar-refractivity contribution is 7.92. The number of methoxy groups -OCH3 is 2. The third-order valence-corrected chi connectivity index (χ3v) is 5.58. The maximum Gasteiger partial charge on any atom is 0.262 e. The number of hydrogen-bond acceptors (Lipinski definition) is 5. The van der Waals surface area contributed by atoms with Crippen molar-refractivity contribution < 1.29 is 22.6 Å². The zero-order chi connectivity index (χ0) is 19.5. The van der Waals surface area contributed by atoms with E-state index in [1.54, 1.807) is 26.0 Å². The first-order valence-corrected chi connectivity index (χ1v) is 9.78. The van der Waals surface area contributed by atoms with Gasteiger partial charge < -0.3 is 14.2 Å². The number of ether oxygens (including phenoxy) is 3. The first-order chi connectivity index (χ1) is 12.2. The Hall–Kier alpha value is -2.12. The van der Waals surface area contributed by atoms with E-state index < -0.39 is 10.0 Å². The number of hydrogen-bond donors (Lipinski definition) is 1. The van der Waals surface area contributed by atoms with E-state index in [2.05, 4.69) is 4.72 Å². The van der Waals surface area contributed by atoms with Crippen molar-refractivity contribution in [2.24, 2.45) is 0 Å². The van der Waals surface area contributed by atoms with Gasteiger partial charge in [-0.25, -0.2) is 8.42 Å². The zero-order valence-corrected chi connectivity index (χ0v) is 16.9. The van der Waals surface area contributed by atoms with Crippen molar-refractivity contribution in [3.05, 3.63) is 40.4 Å². The Labute approximate surface area is 159 Å². The Morgan fingerprint density at radius 1 is 0.962 bits per heavy atom. The first-order valence-electron chi connectivity index (χ1n) is 7.91. The second kappa shape index (κ2) is 8.05. The van der Waals surface area contributed by atoms with Crippen LogP contribution in [0.4, 0.5) is 5.69 Å². The van der Waals surface area contributed by atoms with Crippen LogP contribution in [0.1, 0.15) is 18.1 Å². The molecule has 0 radical (unpaired) electrons. The Morgan fingerprint density at radius 2 is 1.62 bits per heavy atom. The molecular formula is C18H22ClNO5S. The molecule has 0 saturated heterocycles. The highest BCUT2D eigenvalue weighted by Gasteiger charge is 2.22. The Kier molecular flexibility index (Phi) is 6.26. The molecule has 2 aromatic carbocycles. The summed E-state index contributed by atoms with van der Waals surface area (Å²) in [4.78, 5) is 0.162. The molecule has 0 bridgehead atoms. The molecule has 0 unspecified atom stereocenters. The predicted octanol–water partition coefficient (Wildman–Crippen LogP) is 4.17. The van der Waals surface area contributed by atoms with Crippen LogP contribution in [0.15, 0.2) is 29.2 Å². The lowest BCUT2D eigenvalue weighted by atomic mass is 10.1. The normalized spacial score (nSPS) is 11.2. The number of halogens is 1. The van der Waals surface area contributed by atoms with Crippen molar-refractivity contribution in [1.29, 1.82) is 0 Å². The fourth-order valence-corrected chi connectivity index (χ4v) is 4.11. The fraction of sp³-hybridized carbons (Fsp3) is 0.333. The van der Waals surface area contributed by atoms with E-state index in [1.165, 1.54) is 26.4 Å². The van der Waals surface area contributed by atoms with Gasteiger partial charge in [0.25, 0.3) is 10.0 Å². The van der Waals surface area contributed by atoms with Gasteiger partial charge in [0.2, 0.25) is 0 Å². The molecule has 0 fully saturated rings. The predicted molar refractivity (Wildman–Crippen MR) is 102 cm³/mol. The molecule has 2 rings (SSSR count). The lowest BCUT2D eigenvalue weighted by molar-refractivity contribution is 0.337. The van der Waals surface area contributed by atoms with Crippen LogP contribution in [0.2, 0.25) is 5.02 Å². The molecule has 0 aliphatic heterocycles. The number of sulfonamides is 1. The monoisotopic (exact) mass is 399 g/mol. The molecule has 0 aliphatic carbocycles. The number of rotatable bonds is 7. The van der Waals surface area contributed by atoms with Gasteiger partial charge in [0.1, 0.15) is 17.2 Å².